The van der Waals surface area contributed by atoms with Crippen molar-refractivity contribution in [3.8, 4) is 0 Å². The first-order chi connectivity index (χ1) is 14.4. The number of likely N-dealkylation sites (N-methyl/N-ethyl adjacent to an activating group) is 1. The lowest BCUT2D eigenvalue weighted by molar-refractivity contribution is 0.105. The lowest BCUT2D eigenvalue weighted by Gasteiger charge is -2.09. The van der Waals surface area contributed by atoms with Gasteiger partial charge < -0.3 is 19.6 Å². The number of aromatic nitrogens is 2. The highest BCUT2D eigenvalue weighted by atomic mass is 79.9. The second kappa shape index (κ2) is 10.3. The molecule has 3 rings (SSSR count). The molecule has 0 amide bonds. The van der Waals surface area contributed by atoms with Crippen molar-refractivity contribution >= 4 is 28.1 Å². The molecule has 0 aliphatic rings. The molecule has 156 valence electrons. The zero-order valence-electron chi connectivity index (χ0n) is 16.9. The molecule has 0 saturated heterocycles. The fourth-order valence-corrected chi connectivity index (χ4v) is 3.16. The molecule has 0 fully saturated rings. The minimum atomic E-state index is -0.359. The van der Waals surface area contributed by atoms with Crippen LogP contribution in [-0.2, 0) is 11.3 Å². The summed E-state index contributed by atoms with van der Waals surface area (Å²) in [7, 11) is 4.01. The van der Waals surface area contributed by atoms with E-state index in [0.29, 0.717) is 13.2 Å². The first-order valence-electron chi connectivity index (χ1n) is 9.54. The normalized spacial score (nSPS) is 12.7. The third-order valence-electron chi connectivity index (χ3n) is 4.43. The molecule has 0 bridgehead atoms. The molecule has 1 heterocycles. The van der Waals surface area contributed by atoms with Crippen LogP contribution in [0.5, 0.6) is 0 Å². The summed E-state index contributed by atoms with van der Waals surface area (Å²) in [5.41, 5.74) is 1.95. The minimum Gasteiger partial charge on any atom is -0.375 e. The van der Waals surface area contributed by atoms with Gasteiger partial charge in [-0.15, -0.1) is 0 Å². The zero-order chi connectivity index (χ0) is 21.5. The highest BCUT2D eigenvalue weighted by molar-refractivity contribution is 9.10. The molecule has 6 nitrogen and oxygen atoms in total. The molecule has 0 radical (unpaired) electrons. The summed E-state index contributed by atoms with van der Waals surface area (Å²) < 4.78 is 6.47. The van der Waals surface area contributed by atoms with Crippen LogP contribution in [0.1, 0.15) is 16.7 Å². The molecule has 0 aliphatic carbocycles. The van der Waals surface area contributed by atoms with Crippen LogP contribution in [-0.4, -0.2) is 42.1 Å². The summed E-state index contributed by atoms with van der Waals surface area (Å²) in [6, 6.07) is 15.2. The zero-order valence-corrected chi connectivity index (χ0v) is 18.5. The Hall–Kier alpha value is -2.74. The van der Waals surface area contributed by atoms with Gasteiger partial charge in [0.15, 0.2) is 0 Å². The molecular formula is C23H24BrN3O3. The van der Waals surface area contributed by atoms with E-state index < -0.39 is 0 Å². The molecule has 7 heteroatoms. The van der Waals surface area contributed by atoms with Gasteiger partial charge in [-0.2, -0.15) is 0 Å². The van der Waals surface area contributed by atoms with Crippen molar-refractivity contribution in [3.05, 3.63) is 101 Å². The Morgan fingerprint density at radius 3 is 2.20 bits per heavy atom. The fourth-order valence-electron chi connectivity index (χ4n) is 2.76. The van der Waals surface area contributed by atoms with E-state index in [1.165, 1.54) is 0 Å². The van der Waals surface area contributed by atoms with Crippen molar-refractivity contribution in [1.82, 2.24) is 14.9 Å². The van der Waals surface area contributed by atoms with E-state index in [1.807, 2.05) is 62.6 Å². The van der Waals surface area contributed by atoms with E-state index in [-0.39, 0.29) is 21.8 Å². The monoisotopic (exact) mass is 469 g/mol. The van der Waals surface area contributed by atoms with Crippen molar-refractivity contribution in [2.75, 3.05) is 27.2 Å². The van der Waals surface area contributed by atoms with Crippen LogP contribution in [0.2, 0.25) is 0 Å². The quantitative estimate of drug-likeness (QED) is 0.514. The van der Waals surface area contributed by atoms with Crippen LogP contribution < -0.4 is 21.8 Å². The average Bonchev–Trinajstić information content (AvgIpc) is 2.71. The summed E-state index contributed by atoms with van der Waals surface area (Å²) >= 11 is 3.43. The number of benzene rings is 2. The summed E-state index contributed by atoms with van der Waals surface area (Å²) in [6.07, 6.45) is 3.29. The highest BCUT2D eigenvalue weighted by Crippen LogP contribution is 2.15. The standard InChI is InChI=1S/C23H24BrN3O3/c1-27(2)11-12-30-15-17-9-7-16(8-10-17)13-20-22(28)26-21(23(29)25-20)14-18-5-3-4-6-19(18)24/h3-10,13-14H,11-12,15H2,1-2H3,(H,25,29)(H,26,28). The van der Waals surface area contributed by atoms with Crippen LogP contribution >= 0.6 is 15.9 Å². The molecule has 0 aliphatic heterocycles. The van der Waals surface area contributed by atoms with Crippen molar-refractivity contribution in [1.29, 1.82) is 0 Å². The average molecular weight is 470 g/mol. The van der Waals surface area contributed by atoms with E-state index in [4.69, 9.17) is 4.74 Å². The largest absolute Gasteiger partial charge is 0.375 e. The Labute approximate surface area is 182 Å². The maximum Gasteiger partial charge on any atom is 0.272 e. The third kappa shape index (κ3) is 6.13. The van der Waals surface area contributed by atoms with Gasteiger partial charge in [0.1, 0.15) is 10.7 Å². The molecule has 0 saturated carbocycles. The molecule has 2 aromatic carbocycles. The topological polar surface area (TPSA) is 78.2 Å². The number of H-pyrrole nitrogens is 2. The van der Waals surface area contributed by atoms with Crippen molar-refractivity contribution in [2.24, 2.45) is 0 Å². The number of ether oxygens (including phenoxy) is 1. The lowest BCUT2D eigenvalue weighted by atomic mass is 10.1. The van der Waals surface area contributed by atoms with Crippen molar-refractivity contribution in [2.45, 2.75) is 6.61 Å². The molecule has 0 spiro atoms. The van der Waals surface area contributed by atoms with Crippen molar-refractivity contribution in [3.63, 3.8) is 0 Å². The van der Waals surface area contributed by atoms with Gasteiger partial charge in [0.05, 0.1) is 13.2 Å². The SMILES string of the molecule is CN(C)CCOCc1ccc(C=c2[nH]c(=O)c(=Cc3ccccc3Br)[nH]c2=O)cc1. The predicted octanol–water partition coefficient (Wildman–Crippen LogP) is 1.56. The predicted molar refractivity (Wildman–Crippen MR) is 123 cm³/mol. The molecular weight excluding hydrogens is 446 g/mol. The van der Waals surface area contributed by atoms with Gasteiger partial charge in [-0.25, -0.2) is 0 Å². The Morgan fingerprint density at radius 2 is 1.57 bits per heavy atom. The third-order valence-corrected chi connectivity index (χ3v) is 5.16. The van der Waals surface area contributed by atoms with Gasteiger partial charge in [0, 0.05) is 11.0 Å². The molecule has 2 N–H and O–H groups in total. The fraction of sp³-hybridized carbons (Fsp3) is 0.217. The molecule has 1 aromatic heterocycles. The van der Waals surface area contributed by atoms with Gasteiger partial charge >= 0.3 is 0 Å². The van der Waals surface area contributed by atoms with Gasteiger partial charge in [-0.3, -0.25) is 9.59 Å². The number of halogens is 1. The lowest BCUT2D eigenvalue weighted by Crippen LogP contribution is -2.46. The first kappa shape index (κ1) is 22.0. The van der Waals surface area contributed by atoms with Crippen LogP contribution in [0, 0.1) is 0 Å². The summed E-state index contributed by atoms with van der Waals surface area (Å²) in [5.74, 6) is 0. The summed E-state index contributed by atoms with van der Waals surface area (Å²) in [6.45, 7) is 2.07. The van der Waals surface area contributed by atoms with Crippen LogP contribution in [0.25, 0.3) is 12.2 Å². The van der Waals surface area contributed by atoms with Crippen molar-refractivity contribution < 1.29 is 4.74 Å². The summed E-state index contributed by atoms with van der Waals surface area (Å²) in [4.78, 5) is 32.3. The minimum absolute atomic E-state index is 0.203. The molecule has 30 heavy (non-hydrogen) atoms. The molecule has 0 atom stereocenters. The maximum atomic E-state index is 12.5. The van der Waals surface area contributed by atoms with Crippen LogP contribution in [0.15, 0.2) is 62.6 Å². The number of hydrogen-bond donors (Lipinski definition) is 2. The molecule has 0 unspecified atom stereocenters. The molecule has 3 aromatic rings. The Bertz CT molecular complexity index is 1230. The highest BCUT2D eigenvalue weighted by Gasteiger charge is 2.00. The van der Waals surface area contributed by atoms with Gasteiger partial charge in [0.25, 0.3) is 11.1 Å². The van der Waals surface area contributed by atoms with Crippen LogP contribution in [0.4, 0.5) is 0 Å². The van der Waals surface area contributed by atoms with E-state index >= 15 is 0 Å². The Balaban J connectivity index is 1.81. The van der Waals surface area contributed by atoms with Gasteiger partial charge in [0.2, 0.25) is 0 Å². The Morgan fingerprint density at radius 1 is 0.933 bits per heavy atom. The van der Waals surface area contributed by atoms with Gasteiger partial charge in [-0.1, -0.05) is 58.4 Å². The van der Waals surface area contributed by atoms with E-state index in [2.05, 4.69) is 30.8 Å². The number of nitrogens with zero attached hydrogens (tertiary/aromatic N) is 1. The van der Waals surface area contributed by atoms with E-state index in [0.717, 1.165) is 27.7 Å². The number of nitrogens with one attached hydrogen (secondary N) is 2. The van der Waals surface area contributed by atoms with E-state index in [9.17, 15) is 9.59 Å². The number of rotatable bonds is 7. The number of hydrogen-bond acceptors (Lipinski definition) is 4. The maximum absolute atomic E-state index is 12.5. The second-order valence-electron chi connectivity index (χ2n) is 7.14. The number of aromatic amines is 2. The Kier molecular flexibility index (Phi) is 7.57. The van der Waals surface area contributed by atoms with Crippen LogP contribution in [0.3, 0.4) is 0 Å². The second-order valence-corrected chi connectivity index (χ2v) is 8.00. The first-order valence-corrected chi connectivity index (χ1v) is 10.3. The van der Waals surface area contributed by atoms with Gasteiger partial charge in [-0.05, 0) is 49.0 Å². The summed E-state index contributed by atoms with van der Waals surface area (Å²) in [5, 5.41) is 0.411. The van der Waals surface area contributed by atoms with E-state index in [1.54, 1.807) is 12.2 Å². The smallest absolute Gasteiger partial charge is 0.272 e.